The molecule has 0 aliphatic rings. The molecule has 0 fully saturated rings. The fourth-order valence-electron chi connectivity index (χ4n) is 6.17. The van der Waals surface area contributed by atoms with E-state index < -0.39 is 25.8 Å². The number of likely N-dealkylation sites (N-methyl/N-ethyl adjacent to an activating group) is 1. The Morgan fingerprint density at radius 3 is 1.45 bits per heavy atom. The molecular weight excluding hydrogens is 661 g/mol. The Bertz CT molecular complexity index is 848. The van der Waals surface area contributed by atoms with Crippen LogP contribution in [0.3, 0.4) is 0 Å². The zero-order valence-corrected chi connectivity index (χ0v) is 35.1. The van der Waals surface area contributed by atoms with Gasteiger partial charge < -0.3 is 28.3 Å². The van der Waals surface area contributed by atoms with Crippen LogP contribution in [0, 0.1) is 0 Å². The number of hydrogen-bond donors (Lipinski definition) is 1. The first-order valence-electron chi connectivity index (χ1n) is 21.4. The van der Waals surface area contributed by atoms with E-state index in [2.05, 4.69) is 13.8 Å². The topological polar surface area (TPSA) is 105 Å². The number of nitrogens with zero attached hydrogens (tertiary/aromatic N) is 1. The summed E-state index contributed by atoms with van der Waals surface area (Å²) in [5.41, 5.74) is 0. The van der Waals surface area contributed by atoms with Gasteiger partial charge in [-0.1, -0.05) is 180 Å². The third-order valence-corrected chi connectivity index (χ3v) is 10.6. The Balaban J connectivity index is 4.41. The number of aliphatic hydroxyl groups is 1. The number of ketones is 1. The van der Waals surface area contributed by atoms with Crippen LogP contribution in [0.15, 0.2) is 12.2 Å². The Labute approximate surface area is 316 Å². The van der Waals surface area contributed by atoms with Crippen molar-refractivity contribution in [2.45, 2.75) is 206 Å². The summed E-state index contributed by atoms with van der Waals surface area (Å²) in [4.78, 5) is 25.7. The number of hydrogen-bond acceptors (Lipinski definition) is 7. The molecule has 0 aliphatic carbocycles. The van der Waals surface area contributed by atoms with Gasteiger partial charge in [-0.3, -0.25) is 9.36 Å². The molecule has 3 atom stereocenters. The lowest BCUT2D eigenvalue weighted by atomic mass is 10.0. The lowest BCUT2D eigenvalue weighted by Gasteiger charge is -2.30. The summed E-state index contributed by atoms with van der Waals surface area (Å²) in [6.07, 6.45) is 35.1. The number of allylic oxidation sites excluding steroid dienone is 1. The molecule has 0 heterocycles. The molecule has 0 aromatic carbocycles. The van der Waals surface area contributed by atoms with E-state index >= 15 is 0 Å². The lowest BCUT2D eigenvalue weighted by molar-refractivity contribution is -0.870. The number of ether oxygens (including phenoxy) is 1. The van der Waals surface area contributed by atoms with E-state index in [1.807, 2.05) is 21.1 Å². The molecule has 51 heavy (non-hydrogen) atoms. The zero-order chi connectivity index (χ0) is 37.9. The minimum atomic E-state index is -4.82. The first-order valence-corrected chi connectivity index (χ1v) is 22.9. The molecule has 0 amide bonds. The van der Waals surface area contributed by atoms with Crippen LogP contribution in [0.5, 0.6) is 0 Å². The summed E-state index contributed by atoms with van der Waals surface area (Å²) >= 11 is 0. The van der Waals surface area contributed by atoms with Crippen molar-refractivity contribution >= 4 is 13.6 Å². The average Bonchev–Trinajstić information content (AvgIpc) is 3.07. The van der Waals surface area contributed by atoms with E-state index in [1.54, 1.807) is 6.08 Å². The van der Waals surface area contributed by atoms with Gasteiger partial charge in [-0.25, -0.2) is 0 Å². The number of phosphoric acid groups is 1. The van der Waals surface area contributed by atoms with Gasteiger partial charge in [0.15, 0.2) is 11.9 Å². The van der Waals surface area contributed by atoms with Gasteiger partial charge in [-0.2, -0.15) is 0 Å². The second kappa shape index (κ2) is 35.1. The van der Waals surface area contributed by atoms with Crippen molar-refractivity contribution in [1.82, 2.24) is 0 Å². The highest BCUT2D eigenvalue weighted by Gasteiger charge is 2.31. The van der Waals surface area contributed by atoms with E-state index in [-0.39, 0.29) is 13.2 Å². The first-order chi connectivity index (χ1) is 24.5. The Kier molecular flexibility index (Phi) is 34.7. The number of phosphoric ester groups is 1. The monoisotopic (exact) mass is 746 g/mol. The van der Waals surface area contributed by atoms with Crippen molar-refractivity contribution < 1.29 is 37.6 Å². The van der Waals surface area contributed by atoms with Gasteiger partial charge in [-0.15, -0.1) is 0 Å². The maximum atomic E-state index is 13.1. The smallest absolute Gasteiger partial charge is 0.268 e. The Hall–Kier alpha value is -0.600. The van der Waals surface area contributed by atoms with E-state index in [9.17, 15) is 19.4 Å². The number of carbonyl (C=O) groups excluding carboxylic acids is 1. The maximum absolute atomic E-state index is 13.1. The van der Waals surface area contributed by atoms with Gasteiger partial charge >= 0.3 is 0 Å². The summed E-state index contributed by atoms with van der Waals surface area (Å²) in [7, 11) is 0.949. The minimum Gasteiger partial charge on any atom is -0.756 e. The molecule has 8 nitrogen and oxygen atoms in total. The Morgan fingerprint density at radius 1 is 0.647 bits per heavy atom. The van der Waals surface area contributed by atoms with Gasteiger partial charge in [0, 0.05) is 6.61 Å². The molecule has 0 saturated heterocycles. The van der Waals surface area contributed by atoms with Gasteiger partial charge in [0.25, 0.3) is 7.82 Å². The zero-order valence-electron chi connectivity index (χ0n) is 34.2. The van der Waals surface area contributed by atoms with Crippen molar-refractivity contribution in [3.8, 4) is 0 Å². The third kappa shape index (κ3) is 36.2. The average molecular weight is 746 g/mol. The standard InChI is InChI=1S/C42H84NO7P/c1-6-8-10-12-14-16-18-20-22-23-25-27-29-31-33-35-40(44)42(50-51(46,47)49-38-36-43(3,4)5)41(45)39-48-37-34-32-30-28-26-24-21-19-17-15-13-11-9-7-2/h33,35,41-42,45H,6-32,34,36-39H2,1-5H3/t41-,42?/m0/s1. The number of quaternary nitrogens is 1. The van der Waals surface area contributed by atoms with Crippen LogP contribution in [0.25, 0.3) is 0 Å². The summed E-state index contributed by atoms with van der Waals surface area (Å²) in [5.74, 6) is -0.594. The van der Waals surface area contributed by atoms with E-state index in [1.165, 1.54) is 147 Å². The lowest BCUT2D eigenvalue weighted by Crippen LogP contribution is -2.40. The molecule has 0 spiro atoms. The quantitative estimate of drug-likeness (QED) is 0.0288. The van der Waals surface area contributed by atoms with Crippen LogP contribution >= 0.6 is 7.82 Å². The van der Waals surface area contributed by atoms with Gasteiger partial charge in [-0.05, 0) is 25.3 Å². The molecule has 0 aliphatic heterocycles. The van der Waals surface area contributed by atoms with Crippen LogP contribution in [-0.2, 0) is 23.1 Å². The van der Waals surface area contributed by atoms with Crippen molar-refractivity contribution in [3.05, 3.63) is 12.2 Å². The molecular formula is C42H84NO7P. The highest BCUT2D eigenvalue weighted by molar-refractivity contribution is 7.45. The van der Waals surface area contributed by atoms with Crippen molar-refractivity contribution in [2.75, 3.05) is 47.5 Å². The van der Waals surface area contributed by atoms with Crippen LogP contribution in [0.1, 0.15) is 194 Å². The SMILES string of the molecule is CCCCCCCCCCCCCCCC=CC(=O)C(OP(=O)([O-])OCC[N+](C)(C)C)[C@@H](O)COCCCCCCCCCCCCCCCC. The summed E-state index contributed by atoms with van der Waals surface area (Å²) in [5, 5.41) is 10.8. The molecule has 304 valence electrons. The second-order valence-electron chi connectivity index (χ2n) is 15.9. The molecule has 1 N–H and O–H groups in total. The van der Waals surface area contributed by atoms with Crippen LogP contribution in [0.4, 0.5) is 0 Å². The molecule has 2 unspecified atom stereocenters. The molecule has 0 radical (unpaired) electrons. The molecule has 0 aromatic heterocycles. The fraction of sp³-hybridized carbons (Fsp3) is 0.929. The van der Waals surface area contributed by atoms with E-state index in [0.717, 1.165) is 38.5 Å². The molecule has 9 heteroatoms. The summed E-state index contributed by atoms with van der Waals surface area (Å²) in [6.45, 7) is 5.15. The highest BCUT2D eigenvalue weighted by atomic mass is 31.2. The molecule has 0 saturated carbocycles. The van der Waals surface area contributed by atoms with Crippen LogP contribution in [-0.4, -0.2) is 75.1 Å². The van der Waals surface area contributed by atoms with Crippen molar-refractivity contribution in [1.29, 1.82) is 0 Å². The number of rotatable bonds is 40. The minimum absolute atomic E-state index is 0.0776. The van der Waals surface area contributed by atoms with Crippen molar-refractivity contribution in [2.24, 2.45) is 0 Å². The maximum Gasteiger partial charge on any atom is 0.268 e. The normalized spacial score (nSPS) is 14.6. The molecule has 0 aromatic rings. The Morgan fingerprint density at radius 2 is 1.04 bits per heavy atom. The second-order valence-corrected chi connectivity index (χ2v) is 17.3. The van der Waals surface area contributed by atoms with Crippen LogP contribution in [0.2, 0.25) is 0 Å². The van der Waals surface area contributed by atoms with E-state index in [4.69, 9.17) is 13.8 Å². The predicted octanol–water partition coefficient (Wildman–Crippen LogP) is 11.0. The van der Waals surface area contributed by atoms with E-state index in [0.29, 0.717) is 17.6 Å². The summed E-state index contributed by atoms with van der Waals surface area (Å²) in [6, 6.07) is 0. The number of carbonyl (C=O) groups is 1. The highest BCUT2D eigenvalue weighted by Crippen LogP contribution is 2.40. The third-order valence-electron chi connectivity index (χ3n) is 9.57. The summed E-state index contributed by atoms with van der Waals surface area (Å²) < 4.78 is 29.0. The van der Waals surface area contributed by atoms with Gasteiger partial charge in [0.2, 0.25) is 0 Å². The van der Waals surface area contributed by atoms with Crippen LogP contribution < -0.4 is 4.89 Å². The van der Waals surface area contributed by atoms with Gasteiger partial charge in [0.1, 0.15) is 19.3 Å². The largest absolute Gasteiger partial charge is 0.756 e. The first kappa shape index (κ1) is 50.4. The predicted molar refractivity (Wildman–Crippen MR) is 213 cm³/mol. The van der Waals surface area contributed by atoms with Crippen molar-refractivity contribution in [3.63, 3.8) is 0 Å². The number of unbranched alkanes of at least 4 members (excludes halogenated alkanes) is 26. The molecule has 0 rings (SSSR count). The fourth-order valence-corrected chi connectivity index (χ4v) is 7.06. The molecule has 0 bridgehead atoms. The van der Waals surface area contributed by atoms with Gasteiger partial charge in [0.05, 0.1) is 27.7 Å². The number of aliphatic hydroxyl groups excluding tert-OH is 1.